The lowest BCUT2D eigenvalue weighted by molar-refractivity contribution is 0.587. The molecule has 0 amide bonds. The second-order valence-electron chi connectivity index (χ2n) is 4.98. The van der Waals surface area contributed by atoms with E-state index < -0.39 is 10.0 Å². The van der Waals surface area contributed by atoms with Gasteiger partial charge >= 0.3 is 0 Å². The predicted molar refractivity (Wildman–Crippen MR) is 78.2 cm³/mol. The average Bonchev–Trinajstić information content (AvgIpc) is 2.36. The Balaban J connectivity index is 2.20. The zero-order valence-corrected chi connectivity index (χ0v) is 12.2. The number of rotatable bonds is 4. The van der Waals surface area contributed by atoms with E-state index >= 15 is 0 Å². The van der Waals surface area contributed by atoms with Gasteiger partial charge in [0.05, 0.1) is 6.26 Å². The van der Waals surface area contributed by atoms with Gasteiger partial charge in [-0.05, 0) is 36.6 Å². The molecule has 2 N–H and O–H groups in total. The van der Waals surface area contributed by atoms with E-state index in [1.807, 2.05) is 12.1 Å². The summed E-state index contributed by atoms with van der Waals surface area (Å²) in [5.41, 5.74) is 4.89. The minimum Gasteiger partial charge on any atom is -0.312 e. The van der Waals surface area contributed by atoms with E-state index in [0.717, 1.165) is 25.1 Å². The van der Waals surface area contributed by atoms with Crippen LogP contribution >= 0.6 is 0 Å². The average molecular weight is 280 g/mol. The second kappa shape index (κ2) is 5.86. The van der Waals surface area contributed by atoms with Gasteiger partial charge in [-0.25, -0.2) is 13.1 Å². The van der Waals surface area contributed by atoms with Crippen molar-refractivity contribution in [1.29, 1.82) is 0 Å². The molecule has 0 atom stereocenters. The lowest BCUT2D eigenvalue weighted by atomic mass is 9.95. The van der Waals surface area contributed by atoms with Crippen LogP contribution in [0.5, 0.6) is 0 Å². The molecule has 19 heavy (non-hydrogen) atoms. The maximum absolute atomic E-state index is 11.1. The molecule has 0 radical (unpaired) electrons. The smallest absolute Gasteiger partial charge is 0.209 e. The van der Waals surface area contributed by atoms with Gasteiger partial charge in [0, 0.05) is 13.1 Å². The lowest BCUT2D eigenvalue weighted by Crippen LogP contribution is -2.24. The van der Waals surface area contributed by atoms with Gasteiger partial charge in [-0.15, -0.1) is 0 Å². The molecule has 0 aliphatic carbocycles. The fourth-order valence-electron chi connectivity index (χ4n) is 2.22. The van der Waals surface area contributed by atoms with Crippen LogP contribution in [0.25, 0.3) is 5.57 Å². The molecule has 0 saturated heterocycles. The van der Waals surface area contributed by atoms with Crippen LogP contribution in [0, 0.1) is 0 Å². The molecular formula is C14H20N2O2S. The van der Waals surface area contributed by atoms with Gasteiger partial charge in [0.2, 0.25) is 10.0 Å². The van der Waals surface area contributed by atoms with E-state index in [2.05, 4.69) is 29.1 Å². The minimum atomic E-state index is -3.15. The van der Waals surface area contributed by atoms with Crippen molar-refractivity contribution in [3.8, 4) is 0 Å². The molecule has 1 aromatic rings. The van der Waals surface area contributed by atoms with E-state index in [0.29, 0.717) is 6.54 Å². The SMILES string of the molecule is CC1=C(c2cccc(CNS(C)(=O)=O)c2)CNCC1. The molecule has 0 unspecified atom stereocenters. The van der Waals surface area contributed by atoms with Crippen LogP contribution in [0.15, 0.2) is 29.8 Å². The molecule has 0 aromatic heterocycles. The van der Waals surface area contributed by atoms with Crippen molar-refractivity contribution in [3.63, 3.8) is 0 Å². The van der Waals surface area contributed by atoms with Crippen molar-refractivity contribution in [1.82, 2.24) is 10.0 Å². The van der Waals surface area contributed by atoms with Crippen molar-refractivity contribution in [2.75, 3.05) is 19.3 Å². The summed E-state index contributed by atoms with van der Waals surface area (Å²) < 4.78 is 24.7. The Morgan fingerprint density at radius 1 is 1.37 bits per heavy atom. The topological polar surface area (TPSA) is 58.2 Å². The predicted octanol–water partition coefficient (Wildman–Crippen LogP) is 1.50. The van der Waals surface area contributed by atoms with E-state index in [1.165, 1.54) is 23.0 Å². The third-order valence-corrected chi connectivity index (χ3v) is 3.98. The van der Waals surface area contributed by atoms with Crippen LogP contribution in [0.3, 0.4) is 0 Å². The quantitative estimate of drug-likeness (QED) is 0.879. The summed E-state index contributed by atoms with van der Waals surface area (Å²) in [5.74, 6) is 0. The summed E-state index contributed by atoms with van der Waals surface area (Å²) in [6, 6.07) is 8.05. The highest BCUT2D eigenvalue weighted by Gasteiger charge is 2.11. The molecule has 5 heteroatoms. The highest BCUT2D eigenvalue weighted by molar-refractivity contribution is 7.88. The molecule has 0 saturated carbocycles. The van der Waals surface area contributed by atoms with E-state index in [1.54, 1.807) is 0 Å². The molecule has 0 bridgehead atoms. The number of hydrogen-bond donors (Lipinski definition) is 2. The van der Waals surface area contributed by atoms with E-state index in [9.17, 15) is 8.42 Å². The molecule has 0 spiro atoms. The minimum absolute atomic E-state index is 0.340. The largest absolute Gasteiger partial charge is 0.312 e. The van der Waals surface area contributed by atoms with E-state index in [-0.39, 0.29) is 0 Å². The summed E-state index contributed by atoms with van der Waals surface area (Å²) in [5, 5.41) is 3.37. The van der Waals surface area contributed by atoms with Crippen LogP contribution in [0.2, 0.25) is 0 Å². The molecule has 0 fully saturated rings. The zero-order chi connectivity index (χ0) is 13.9. The number of benzene rings is 1. The third-order valence-electron chi connectivity index (χ3n) is 3.31. The van der Waals surface area contributed by atoms with Crippen LogP contribution in [0.1, 0.15) is 24.5 Å². The molecule has 4 nitrogen and oxygen atoms in total. The van der Waals surface area contributed by atoms with Crippen LogP contribution in [-0.2, 0) is 16.6 Å². The molecule has 104 valence electrons. The molecular weight excluding hydrogens is 260 g/mol. The van der Waals surface area contributed by atoms with Gasteiger partial charge in [-0.3, -0.25) is 0 Å². The van der Waals surface area contributed by atoms with Gasteiger partial charge in [-0.2, -0.15) is 0 Å². The van der Waals surface area contributed by atoms with Crippen molar-refractivity contribution < 1.29 is 8.42 Å². The fraction of sp³-hybridized carbons (Fsp3) is 0.429. The van der Waals surface area contributed by atoms with Crippen LogP contribution in [-0.4, -0.2) is 27.8 Å². The summed E-state index contributed by atoms with van der Waals surface area (Å²) >= 11 is 0. The van der Waals surface area contributed by atoms with Gasteiger partial charge in [0.25, 0.3) is 0 Å². The fourth-order valence-corrected chi connectivity index (χ4v) is 2.65. The Morgan fingerprint density at radius 3 is 2.84 bits per heavy atom. The van der Waals surface area contributed by atoms with Gasteiger partial charge < -0.3 is 5.32 Å². The Labute approximate surface area is 115 Å². The Kier molecular flexibility index (Phi) is 4.39. The van der Waals surface area contributed by atoms with Gasteiger partial charge in [-0.1, -0.05) is 29.8 Å². The number of sulfonamides is 1. The standard InChI is InChI=1S/C14H20N2O2S/c1-11-6-7-15-10-14(11)13-5-3-4-12(8-13)9-16-19(2,17)18/h3-5,8,15-16H,6-7,9-10H2,1-2H3. The van der Waals surface area contributed by atoms with Crippen molar-refractivity contribution in [3.05, 3.63) is 41.0 Å². The Morgan fingerprint density at radius 2 is 2.16 bits per heavy atom. The maximum Gasteiger partial charge on any atom is 0.209 e. The van der Waals surface area contributed by atoms with Crippen LogP contribution < -0.4 is 10.0 Å². The second-order valence-corrected chi connectivity index (χ2v) is 6.81. The third kappa shape index (κ3) is 4.16. The molecule has 1 heterocycles. The first-order valence-electron chi connectivity index (χ1n) is 6.39. The van der Waals surface area contributed by atoms with Gasteiger partial charge in [0.15, 0.2) is 0 Å². The summed E-state index contributed by atoms with van der Waals surface area (Å²) in [6.45, 7) is 4.42. The number of hydrogen-bond acceptors (Lipinski definition) is 3. The summed E-state index contributed by atoms with van der Waals surface area (Å²) in [4.78, 5) is 0. The zero-order valence-electron chi connectivity index (χ0n) is 11.4. The highest BCUT2D eigenvalue weighted by atomic mass is 32.2. The van der Waals surface area contributed by atoms with Gasteiger partial charge in [0.1, 0.15) is 0 Å². The van der Waals surface area contributed by atoms with Crippen LogP contribution in [0.4, 0.5) is 0 Å². The molecule has 2 rings (SSSR count). The Bertz CT molecular complexity index is 591. The first-order chi connectivity index (χ1) is 8.96. The summed E-state index contributed by atoms with van der Waals surface area (Å²) in [6.07, 6.45) is 2.25. The first kappa shape index (κ1) is 14.2. The summed E-state index contributed by atoms with van der Waals surface area (Å²) in [7, 11) is -3.15. The molecule has 1 aromatic carbocycles. The molecule has 1 aliphatic heterocycles. The first-order valence-corrected chi connectivity index (χ1v) is 8.28. The number of nitrogens with one attached hydrogen (secondary N) is 2. The van der Waals surface area contributed by atoms with Crippen molar-refractivity contribution >= 4 is 15.6 Å². The monoisotopic (exact) mass is 280 g/mol. The lowest BCUT2D eigenvalue weighted by Gasteiger charge is -2.19. The Hall–Kier alpha value is -1.17. The highest BCUT2D eigenvalue weighted by Crippen LogP contribution is 2.23. The normalized spacial score (nSPS) is 16.7. The maximum atomic E-state index is 11.1. The van der Waals surface area contributed by atoms with Crippen molar-refractivity contribution in [2.45, 2.75) is 19.9 Å². The molecule has 1 aliphatic rings. The van der Waals surface area contributed by atoms with Crippen molar-refractivity contribution in [2.24, 2.45) is 0 Å². The van der Waals surface area contributed by atoms with E-state index in [4.69, 9.17) is 0 Å².